The Bertz CT molecular complexity index is 1950. The molecule has 2 aliphatic rings. The molecule has 2 aromatic carbocycles. The lowest BCUT2D eigenvalue weighted by Crippen LogP contribution is -2.39. The standard InChI is InChI=1S/C39H44Cl2F2N2O11S/c1-38(2,3)55-34(46)19-45(57(49)50)29-12-10-25(15-32(29)51-20-22-6-7-22)35(47)56-39(4,5)36(48)53-31(16-26-27(40)17-44-18-28(26)41)24-11-13-30(54-37(42)43)33(14-24)52-21-23-8-9-23/h10-15,17-18,22-23,31,37H,6-9,16,19-21H2,1-5H3,(H,49,50)/t31-/m0/s1. The molecule has 5 rings (SSSR count). The van der Waals surface area contributed by atoms with Crippen molar-refractivity contribution in [2.75, 3.05) is 24.1 Å². The maximum absolute atomic E-state index is 13.9. The van der Waals surface area contributed by atoms with Crippen molar-refractivity contribution in [2.45, 2.75) is 90.6 Å². The second kappa shape index (κ2) is 18.6. The summed E-state index contributed by atoms with van der Waals surface area (Å²) in [6, 6.07) is 8.04. The maximum atomic E-state index is 13.9. The average molecular weight is 858 g/mol. The maximum Gasteiger partial charge on any atom is 0.387 e. The molecule has 3 aromatic rings. The molecule has 0 aliphatic heterocycles. The molecule has 310 valence electrons. The van der Waals surface area contributed by atoms with E-state index >= 15 is 0 Å². The predicted molar refractivity (Wildman–Crippen MR) is 206 cm³/mol. The SMILES string of the molecule is CC(C)(C)OC(=O)CN(c1ccc(C(=O)OC(C)(C)C(=O)O[C@@H](Cc2c(Cl)cncc2Cl)c2ccc(OC(F)F)c(OCC3CC3)c2)cc1OCC1CC1)S(=O)O. The summed E-state index contributed by atoms with van der Waals surface area (Å²) < 4.78 is 83.5. The van der Waals surface area contributed by atoms with E-state index in [1.807, 2.05) is 0 Å². The minimum Gasteiger partial charge on any atom is -0.491 e. The van der Waals surface area contributed by atoms with Gasteiger partial charge in [0.15, 0.2) is 11.5 Å². The first-order chi connectivity index (χ1) is 26.8. The quantitative estimate of drug-likeness (QED) is 0.0699. The molecule has 1 N–H and O–H groups in total. The van der Waals surface area contributed by atoms with Crippen molar-refractivity contribution >= 4 is 58.1 Å². The lowest BCUT2D eigenvalue weighted by atomic mass is 10.0. The van der Waals surface area contributed by atoms with Crippen LogP contribution in [0.5, 0.6) is 17.2 Å². The number of esters is 3. The third-order valence-electron chi connectivity index (χ3n) is 8.67. The Balaban J connectivity index is 1.40. The van der Waals surface area contributed by atoms with E-state index in [9.17, 15) is 31.9 Å². The van der Waals surface area contributed by atoms with E-state index in [1.54, 1.807) is 20.8 Å². The second-order valence-electron chi connectivity index (χ2n) is 15.2. The van der Waals surface area contributed by atoms with Crippen LogP contribution < -0.4 is 18.5 Å². The molecule has 2 aliphatic carbocycles. The predicted octanol–water partition coefficient (Wildman–Crippen LogP) is 8.31. The van der Waals surface area contributed by atoms with Crippen LogP contribution in [0.1, 0.15) is 87.9 Å². The van der Waals surface area contributed by atoms with Crippen molar-refractivity contribution in [2.24, 2.45) is 11.8 Å². The first-order valence-corrected chi connectivity index (χ1v) is 19.9. The summed E-state index contributed by atoms with van der Waals surface area (Å²) in [5.74, 6) is -2.38. The molecule has 2 fully saturated rings. The number of rotatable bonds is 19. The van der Waals surface area contributed by atoms with E-state index in [0.717, 1.165) is 30.0 Å². The van der Waals surface area contributed by atoms with Gasteiger partial charge in [-0.05, 0) is 114 Å². The van der Waals surface area contributed by atoms with Gasteiger partial charge in [-0.1, -0.05) is 29.3 Å². The number of hydrogen-bond donors (Lipinski definition) is 1. The third kappa shape index (κ3) is 12.9. The monoisotopic (exact) mass is 856 g/mol. The van der Waals surface area contributed by atoms with E-state index in [2.05, 4.69) is 9.72 Å². The Morgan fingerprint density at radius 3 is 2.07 bits per heavy atom. The van der Waals surface area contributed by atoms with Crippen molar-refractivity contribution in [3.8, 4) is 17.2 Å². The Morgan fingerprint density at radius 1 is 0.895 bits per heavy atom. The highest BCUT2D eigenvalue weighted by atomic mass is 35.5. The zero-order valence-electron chi connectivity index (χ0n) is 31.9. The van der Waals surface area contributed by atoms with E-state index < -0.39 is 59.6 Å². The summed E-state index contributed by atoms with van der Waals surface area (Å²) in [4.78, 5) is 44.1. The number of pyridine rings is 1. The summed E-state index contributed by atoms with van der Waals surface area (Å²) in [6.07, 6.45) is 5.18. The summed E-state index contributed by atoms with van der Waals surface area (Å²) in [5, 5.41) is 0.352. The van der Waals surface area contributed by atoms with Crippen molar-refractivity contribution in [3.05, 3.63) is 75.5 Å². The highest BCUT2D eigenvalue weighted by molar-refractivity contribution is 7.80. The van der Waals surface area contributed by atoms with Gasteiger partial charge in [-0.15, -0.1) is 0 Å². The molecule has 0 spiro atoms. The van der Waals surface area contributed by atoms with Crippen molar-refractivity contribution in [3.63, 3.8) is 0 Å². The molecule has 2 atom stereocenters. The van der Waals surface area contributed by atoms with Gasteiger partial charge in [-0.25, -0.2) is 13.8 Å². The van der Waals surface area contributed by atoms with Gasteiger partial charge < -0.3 is 28.4 Å². The van der Waals surface area contributed by atoms with E-state index in [-0.39, 0.29) is 70.0 Å². The van der Waals surface area contributed by atoms with Crippen LogP contribution in [0.25, 0.3) is 0 Å². The molecule has 1 heterocycles. The van der Waals surface area contributed by atoms with Crippen LogP contribution in [0.3, 0.4) is 0 Å². The topological polar surface area (TPSA) is 160 Å². The van der Waals surface area contributed by atoms with Gasteiger partial charge in [0.05, 0.1) is 34.5 Å². The van der Waals surface area contributed by atoms with Crippen molar-refractivity contribution in [1.82, 2.24) is 4.98 Å². The van der Waals surface area contributed by atoms with Crippen LogP contribution >= 0.6 is 23.2 Å². The van der Waals surface area contributed by atoms with Crippen molar-refractivity contribution in [1.29, 1.82) is 0 Å². The lowest BCUT2D eigenvalue weighted by Gasteiger charge is -2.28. The number of anilines is 1. The molecule has 0 bridgehead atoms. The fourth-order valence-corrected chi connectivity index (χ4v) is 6.40. The van der Waals surface area contributed by atoms with Crippen LogP contribution in [0.4, 0.5) is 14.5 Å². The minimum absolute atomic E-state index is 0.0104. The Morgan fingerprint density at radius 2 is 1.51 bits per heavy atom. The van der Waals surface area contributed by atoms with Gasteiger partial charge in [-0.3, -0.25) is 18.6 Å². The fourth-order valence-electron chi connectivity index (χ4n) is 5.34. The highest BCUT2D eigenvalue weighted by Gasteiger charge is 2.38. The normalized spacial score (nSPS) is 15.4. The first kappa shape index (κ1) is 43.9. The lowest BCUT2D eigenvalue weighted by molar-refractivity contribution is -0.168. The van der Waals surface area contributed by atoms with Gasteiger partial charge in [0.2, 0.25) is 5.60 Å². The van der Waals surface area contributed by atoms with Gasteiger partial charge >= 0.3 is 24.5 Å². The van der Waals surface area contributed by atoms with Gasteiger partial charge in [0, 0.05) is 18.8 Å². The second-order valence-corrected chi connectivity index (χ2v) is 16.9. The molecule has 57 heavy (non-hydrogen) atoms. The average Bonchev–Trinajstić information content (AvgIpc) is 4.05. The van der Waals surface area contributed by atoms with Gasteiger partial charge in [0.25, 0.3) is 11.3 Å². The minimum atomic E-state index is -3.12. The zero-order valence-corrected chi connectivity index (χ0v) is 34.3. The Labute approximate surface area is 341 Å². The van der Waals surface area contributed by atoms with E-state index in [0.29, 0.717) is 11.1 Å². The number of halogens is 4. The number of benzene rings is 2. The molecule has 18 heteroatoms. The van der Waals surface area contributed by atoms with E-state index in [1.165, 1.54) is 62.6 Å². The molecule has 13 nitrogen and oxygen atoms in total. The zero-order chi connectivity index (χ0) is 41.7. The number of ether oxygens (including phenoxy) is 6. The molecule has 0 amide bonds. The number of hydrogen-bond acceptors (Lipinski definition) is 11. The third-order valence-corrected chi connectivity index (χ3v) is 10.0. The van der Waals surface area contributed by atoms with Crippen LogP contribution in [0, 0.1) is 11.8 Å². The molecule has 0 saturated heterocycles. The molecule has 1 unspecified atom stereocenters. The molecular weight excluding hydrogens is 813 g/mol. The van der Waals surface area contributed by atoms with Crippen LogP contribution in [0.2, 0.25) is 10.0 Å². The van der Waals surface area contributed by atoms with Crippen LogP contribution in [-0.4, -0.2) is 69.2 Å². The molecular formula is C39H44Cl2F2N2O11S. The largest absolute Gasteiger partial charge is 0.491 e. The highest BCUT2D eigenvalue weighted by Crippen LogP contribution is 2.39. The number of alkyl halides is 2. The molecule has 1 aromatic heterocycles. The Hall–Kier alpha value is -4.25. The number of nitrogens with zero attached hydrogens (tertiary/aromatic N) is 2. The van der Waals surface area contributed by atoms with Crippen LogP contribution in [0.15, 0.2) is 48.8 Å². The summed E-state index contributed by atoms with van der Waals surface area (Å²) >= 11 is 10.2. The van der Waals surface area contributed by atoms with Crippen LogP contribution in [-0.2, 0) is 41.5 Å². The first-order valence-electron chi connectivity index (χ1n) is 18.1. The van der Waals surface area contributed by atoms with Gasteiger partial charge in [0.1, 0.15) is 24.0 Å². The summed E-state index contributed by atoms with van der Waals surface area (Å²) in [7, 11) is 0. The number of carbonyl (C=O) groups is 3. The molecule has 0 radical (unpaired) electrons. The van der Waals surface area contributed by atoms with Gasteiger partial charge in [-0.2, -0.15) is 8.78 Å². The Kier molecular flexibility index (Phi) is 14.3. The smallest absolute Gasteiger partial charge is 0.387 e. The number of aromatic nitrogens is 1. The van der Waals surface area contributed by atoms with E-state index in [4.69, 9.17) is 46.9 Å². The van der Waals surface area contributed by atoms with Crippen molar-refractivity contribution < 1.29 is 60.3 Å². The summed E-state index contributed by atoms with van der Waals surface area (Å²) in [6.45, 7) is 4.41. The molecule has 2 saturated carbocycles. The number of carbonyl (C=O) groups excluding carboxylic acids is 3. The summed E-state index contributed by atoms with van der Waals surface area (Å²) in [5.41, 5.74) is -2.13. The fraction of sp³-hybridized carbons (Fsp3) is 0.487.